The summed E-state index contributed by atoms with van der Waals surface area (Å²) < 4.78 is 6.82. The SMILES string of the molecule is CCSCCOc1ccc2cc(Br)ccc2c1. The summed E-state index contributed by atoms with van der Waals surface area (Å²) in [5.41, 5.74) is 0. The van der Waals surface area contributed by atoms with Crippen molar-refractivity contribution in [3.63, 3.8) is 0 Å². The van der Waals surface area contributed by atoms with Gasteiger partial charge in [0.15, 0.2) is 0 Å². The van der Waals surface area contributed by atoms with Gasteiger partial charge in [-0.3, -0.25) is 0 Å². The van der Waals surface area contributed by atoms with Gasteiger partial charge in [0.2, 0.25) is 0 Å². The number of halogens is 1. The molecule has 0 fully saturated rings. The van der Waals surface area contributed by atoms with Gasteiger partial charge in [0, 0.05) is 10.2 Å². The van der Waals surface area contributed by atoms with E-state index in [2.05, 4.69) is 53.2 Å². The van der Waals surface area contributed by atoms with E-state index in [0.29, 0.717) is 0 Å². The molecule has 0 radical (unpaired) electrons. The number of ether oxygens (including phenoxy) is 1. The lowest BCUT2D eigenvalue weighted by atomic mass is 10.1. The minimum atomic E-state index is 0.778. The van der Waals surface area contributed by atoms with Gasteiger partial charge in [-0.15, -0.1) is 0 Å². The highest BCUT2D eigenvalue weighted by atomic mass is 79.9. The summed E-state index contributed by atoms with van der Waals surface area (Å²) in [6.07, 6.45) is 0. The van der Waals surface area contributed by atoms with Gasteiger partial charge in [0.1, 0.15) is 5.75 Å². The van der Waals surface area contributed by atoms with E-state index in [-0.39, 0.29) is 0 Å². The third-order valence-electron chi connectivity index (χ3n) is 2.47. The first-order valence-corrected chi connectivity index (χ1v) is 7.64. The highest BCUT2D eigenvalue weighted by Crippen LogP contribution is 2.24. The number of benzene rings is 2. The zero-order valence-corrected chi connectivity index (χ0v) is 12.2. The fraction of sp³-hybridized carbons (Fsp3) is 0.286. The van der Waals surface area contributed by atoms with Crippen molar-refractivity contribution in [2.75, 3.05) is 18.1 Å². The first kappa shape index (κ1) is 12.8. The van der Waals surface area contributed by atoms with Crippen LogP contribution < -0.4 is 4.74 Å². The Morgan fingerprint density at radius 3 is 2.71 bits per heavy atom. The molecule has 0 spiro atoms. The molecule has 0 saturated carbocycles. The van der Waals surface area contributed by atoms with Gasteiger partial charge in [-0.2, -0.15) is 11.8 Å². The van der Waals surface area contributed by atoms with Crippen LogP contribution in [-0.2, 0) is 0 Å². The first-order valence-electron chi connectivity index (χ1n) is 5.69. The van der Waals surface area contributed by atoms with Crippen molar-refractivity contribution in [2.45, 2.75) is 6.92 Å². The molecular weight excluding hydrogens is 296 g/mol. The Kier molecular flexibility index (Phi) is 4.75. The number of hydrogen-bond donors (Lipinski definition) is 0. The molecule has 0 bridgehead atoms. The van der Waals surface area contributed by atoms with Crippen LogP contribution in [0.4, 0.5) is 0 Å². The zero-order valence-electron chi connectivity index (χ0n) is 9.78. The van der Waals surface area contributed by atoms with Gasteiger partial charge in [-0.05, 0) is 40.8 Å². The molecule has 2 aromatic carbocycles. The fourth-order valence-corrected chi connectivity index (χ4v) is 2.52. The third kappa shape index (κ3) is 3.65. The molecule has 1 nitrogen and oxygen atoms in total. The Bertz CT molecular complexity index is 499. The predicted octanol–water partition coefficient (Wildman–Crippen LogP) is 4.73. The lowest BCUT2D eigenvalue weighted by Gasteiger charge is -2.07. The highest BCUT2D eigenvalue weighted by Gasteiger charge is 1.98. The summed E-state index contributed by atoms with van der Waals surface area (Å²) in [7, 11) is 0. The molecule has 0 heterocycles. The number of rotatable bonds is 5. The van der Waals surface area contributed by atoms with Gasteiger partial charge < -0.3 is 4.74 Å². The molecule has 90 valence electrons. The van der Waals surface area contributed by atoms with E-state index in [1.54, 1.807) is 0 Å². The molecular formula is C14H15BrOS. The monoisotopic (exact) mass is 310 g/mol. The van der Waals surface area contributed by atoms with Crippen LogP contribution in [0.25, 0.3) is 10.8 Å². The quantitative estimate of drug-likeness (QED) is 0.738. The molecule has 2 rings (SSSR count). The Morgan fingerprint density at radius 1 is 1.12 bits per heavy atom. The van der Waals surface area contributed by atoms with Crippen LogP contribution in [0.5, 0.6) is 5.75 Å². The lowest BCUT2D eigenvalue weighted by Crippen LogP contribution is -2.00. The maximum Gasteiger partial charge on any atom is 0.119 e. The topological polar surface area (TPSA) is 9.23 Å². The summed E-state index contributed by atoms with van der Waals surface area (Å²) in [6.45, 7) is 2.94. The molecule has 0 N–H and O–H groups in total. The Labute approximate surface area is 115 Å². The van der Waals surface area contributed by atoms with E-state index in [0.717, 1.165) is 28.3 Å². The van der Waals surface area contributed by atoms with Crippen LogP contribution >= 0.6 is 27.7 Å². The van der Waals surface area contributed by atoms with Crippen LogP contribution in [-0.4, -0.2) is 18.1 Å². The van der Waals surface area contributed by atoms with E-state index in [1.165, 1.54) is 10.8 Å². The van der Waals surface area contributed by atoms with Crippen LogP contribution in [0.3, 0.4) is 0 Å². The summed E-state index contributed by atoms with van der Waals surface area (Å²) in [4.78, 5) is 0. The second-order valence-corrected chi connectivity index (χ2v) is 6.01. The second kappa shape index (κ2) is 6.31. The van der Waals surface area contributed by atoms with Gasteiger partial charge in [-0.1, -0.05) is 35.0 Å². The molecule has 3 heteroatoms. The van der Waals surface area contributed by atoms with E-state index in [4.69, 9.17) is 4.74 Å². The van der Waals surface area contributed by atoms with Crippen molar-refractivity contribution in [2.24, 2.45) is 0 Å². The molecule has 0 saturated heterocycles. The van der Waals surface area contributed by atoms with E-state index in [1.807, 2.05) is 17.8 Å². The Balaban J connectivity index is 2.07. The van der Waals surface area contributed by atoms with Crippen molar-refractivity contribution in [1.29, 1.82) is 0 Å². The average Bonchev–Trinajstić information content (AvgIpc) is 2.35. The molecule has 0 aliphatic rings. The van der Waals surface area contributed by atoms with E-state index < -0.39 is 0 Å². The predicted molar refractivity (Wildman–Crippen MR) is 80.1 cm³/mol. The number of fused-ring (bicyclic) bond motifs is 1. The standard InChI is InChI=1S/C14H15BrOS/c1-2-17-8-7-16-14-6-4-11-9-13(15)5-3-12(11)10-14/h3-6,9-10H,2,7-8H2,1H3. The smallest absolute Gasteiger partial charge is 0.119 e. The van der Waals surface area contributed by atoms with Crippen LogP contribution in [0.15, 0.2) is 40.9 Å². The summed E-state index contributed by atoms with van der Waals surface area (Å²) >= 11 is 5.38. The molecule has 0 aromatic heterocycles. The fourth-order valence-electron chi connectivity index (χ4n) is 1.65. The normalized spacial score (nSPS) is 10.7. The Hall–Kier alpha value is -0.670. The van der Waals surface area contributed by atoms with Gasteiger partial charge in [0.25, 0.3) is 0 Å². The number of hydrogen-bond acceptors (Lipinski definition) is 2. The second-order valence-electron chi connectivity index (χ2n) is 3.70. The van der Waals surface area contributed by atoms with E-state index >= 15 is 0 Å². The minimum Gasteiger partial charge on any atom is -0.493 e. The van der Waals surface area contributed by atoms with Crippen molar-refractivity contribution >= 4 is 38.5 Å². The van der Waals surface area contributed by atoms with Crippen LogP contribution in [0, 0.1) is 0 Å². The average molecular weight is 311 g/mol. The van der Waals surface area contributed by atoms with Gasteiger partial charge in [0.05, 0.1) is 6.61 Å². The van der Waals surface area contributed by atoms with Gasteiger partial charge >= 0.3 is 0 Å². The minimum absolute atomic E-state index is 0.778. The first-order chi connectivity index (χ1) is 8.29. The molecule has 2 aromatic rings. The molecule has 0 amide bonds. The number of thioether (sulfide) groups is 1. The maximum absolute atomic E-state index is 5.71. The van der Waals surface area contributed by atoms with Crippen LogP contribution in [0.1, 0.15) is 6.92 Å². The summed E-state index contributed by atoms with van der Waals surface area (Å²) in [6, 6.07) is 12.5. The molecule has 0 atom stereocenters. The van der Waals surface area contributed by atoms with E-state index in [9.17, 15) is 0 Å². The van der Waals surface area contributed by atoms with Crippen molar-refractivity contribution in [3.05, 3.63) is 40.9 Å². The van der Waals surface area contributed by atoms with Crippen molar-refractivity contribution in [3.8, 4) is 5.75 Å². The lowest BCUT2D eigenvalue weighted by molar-refractivity contribution is 0.344. The summed E-state index contributed by atoms with van der Waals surface area (Å²) in [5.74, 6) is 3.15. The molecule has 0 aliphatic carbocycles. The molecule has 17 heavy (non-hydrogen) atoms. The Morgan fingerprint density at radius 2 is 1.88 bits per heavy atom. The largest absolute Gasteiger partial charge is 0.493 e. The van der Waals surface area contributed by atoms with Gasteiger partial charge in [-0.25, -0.2) is 0 Å². The maximum atomic E-state index is 5.71. The van der Waals surface area contributed by atoms with Crippen molar-refractivity contribution < 1.29 is 4.74 Å². The zero-order chi connectivity index (χ0) is 12.1. The third-order valence-corrected chi connectivity index (χ3v) is 3.83. The molecule has 0 aliphatic heterocycles. The highest BCUT2D eigenvalue weighted by molar-refractivity contribution is 9.10. The van der Waals surface area contributed by atoms with Crippen molar-refractivity contribution in [1.82, 2.24) is 0 Å². The molecule has 0 unspecified atom stereocenters. The van der Waals surface area contributed by atoms with Crippen LogP contribution in [0.2, 0.25) is 0 Å². The summed E-state index contributed by atoms with van der Waals surface area (Å²) in [5, 5.41) is 2.45.